The van der Waals surface area contributed by atoms with Gasteiger partial charge in [-0.15, -0.1) is 0 Å². The maximum absolute atomic E-state index is 6.25. The molecule has 1 aromatic rings. The van der Waals surface area contributed by atoms with Crippen molar-refractivity contribution < 1.29 is 9.47 Å². The van der Waals surface area contributed by atoms with Crippen molar-refractivity contribution in [1.29, 1.82) is 0 Å². The second-order valence-electron chi connectivity index (χ2n) is 7.79. The van der Waals surface area contributed by atoms with Gasteiger partial charge in [0.2, 0.25) is 0 Å². The first-order chi connectivity index (χ1) is 12.0. The van der Waals surface area contributed by atoms with Gasteiger partial charge in [0.25, 0.3) is 0 Å². The number of nitrogens with one attached hydrogen (secondary N) is 1. The molecule has 5 heteroatoms. The molecule has 25 heavy (non-hydrogen) atoms. The summed E-state index contributed by atoms with van der Waals surface area (Å²) >= 11 is 6.03. The normalized spacial score (nSPS) is 26.7. The maximum atomic E-state index is 6.25. The molecule has 0 radical (unpaired) electrons. The van der Waals surface area contributed by atoms with E-state index in [1.807, 2.05) is 12.1 Å². The number of halogens is 1. The molecule has 2 aliphatic heterocycles. The van der Waals surface area contributed by atoms with Gasteiger partial charge in [0.05, 0.1) is 18.3 Å². The average Bonchev–Trinajstić information content (AvgIpc) is 2.64. The average molecular weight is 367 g/mol. The van der Waals surface area contributed by atoms with Crippen molar-refractivity contribution in [3.05, 3.63) is 34.9 Å². The summed E-state index contributed by atoms with van der Waals surface area (Å²) in [5.74, 6) is 0. The number of nitrogens with zero attached hydrogens (tertiary/aromatic N) is 1. The lowest BCUT2D eigenvalue weighted by Crippen LogP contribution is -2.61. The summed E-state index contributed by atoms with van der Waals surface area (Å²) in [6, 6.07) is 9.26. The number of morpholine rings is 1. The minimum absolute atomic E-state index is 0.105. The van der Waals surface area contributed by atoms with E-state index in [0.717, 1.165) is 37.7 Å². The van der Waals surface area contributed by atoms with Crippen LogP contribution in [0.4, 0.5) is 0 Å². The van der Waals surface area contributed by atoms with E-state index in [4.69, 9.17) is 21.1 Å². The predicted molar refractivity (Wildman–Crippen MR) is 102 cm³/mol. The minimum atomic E-state index is -0.267. The van der Waals surface area contributed by atoms with Crippen LogP contribution in [0.3, 0.4) is 0 Å². The lowest BCUT2D eigenvalue weighted by Gasteiger charge is -2.48. The van der Waals surface area contributed by atoms with Gasteiger partial charge in [0.1, 0.15) is 0 Å². The molecule has 0 amide bonds. The smallest absolute Gasteiger partial charge is 0.0986 e. The van der Waals surface area contributed by atoms with Gasteiger partial charge < -0.3 is 14.8 Å². The van der Waals surface area contributed by atoms with Gasteiger partial charge >= 0.3 is 0 Å². The van der Waals surface area contributed by atoms with Crippen LogP contribution >= 0.6 is 11.6 Å². The number of benzene rings is 1. The van der Waals surface area contributed by atoms with Crippen molar-refractivity contribution in [3.8, 4) is 0 Å². The highest BCUT2D eigenvalue weighted by Gasteiger charge is 2.40. The van der Waals surface area contributed by atoms with E-state index in [0.29, 0.717) is 12.1 Å². The second-order valence-corrected chi connectivity index (χ2v) is 8.23. The Labute approximate surface area is 156 Å². The zero-order chi connectivity index (χ0) is 17.9. The lowest BCUT2D eigenvalue weighted by molar-refractivity contribution is -0.165. The van der Waals surface area contributed by atoms with Crippen LogP contribution in [-0.4, -0.2) is 62.0 Å². The van der Waals surface area contributed by atoms with Crippen LogP contribution in [0.5, 0.6) is 0 Å². The number of piperidine rings is 1. The summed E-state index contributed by atoms with van der Waals surface area (Å²) in [5.41, 5.74) is 1.05. The second kappa shape index (κ2) is 8.36. The maximum Gasteiger partial charge on any atom is 0.0986 e. The molecule has 0 saturated carbocycles. The first kappa shape index (κ1) is 19.1. The molecular weight excluding hydrogens is 336 g/mol. The van der Waals surface area contributed by atoms with Gasteiger partial charge in [-0.2, -0.15) is 0 Å². The van der Waals surface area contributed by atoms with Crippen LogP contribution < -0.4 is 5.32 Å². The van der Waals surface area contributed by atoms with Crippen LogP contribution in [0.2, 0.25) is 5.02 Å². The topological polar surface area (TPSA) is 33.7 Å². The quantitative estimate of drug-likeness (QED) is 0.868. The number of hydrogen-bond acceptors (Lipinski definition) is 4. The van der Waals surface area contributed by atoms with Crippen LogP contribution in [-0.2, 0) is 15.9 Å². The van der Waals surface area contributed by atoms with Gasteiger partial charge in [0, 0.05) is 30.8 Å². The number of rotatable bonds is 5. The van der Waals surface area contributed by atoms with Crippen molar-refractivity contribution in [3.63, 3.8) is 0 Å². The number of ether oxygens (including phenoxy) is 2. The van der Waals surface area contributed by atoms with Gasteiger partial charge in [0.15, 0.2) is 0 Å². The Balaban J connectivity index is 1.74. The Kier molecular flexibility index (Phi) is 6.39. The molecule has 0 bridgehead atoms. The molecule has 140 valence electrons. The molecule has 1 aromatic carbocycles. The molecule has 2 saturated heterocycles. The van der Waals surface area contributed by atoms with Crippen molar-refractivity contribution in [2.24, 2.45) is 0 Å². The van der Waals surface area contributed by atoms with Crippen LogP contribution in [0.1, 0.15) is 32.3 Å². The zero-order valence-corrected chi connectivity index (χ0v) is 16.4. The van der Waals surface area contributed by atoms with E-state index in [9.17, 15) is 0 Å². The molecule has 1 unspecified atom stereocenters. The highest BCUT2D eigenvalue weighted by molar-refractivity contribution is 6.30. The Hall–Kier alpha value is -0.650. The molecule has 0 spiro atoms. The molecule has 1 N–H and O–H groups in total. The Morgan fingerprint density at radius 3 is 2.56 bits per heavy atom. The Morgan fingerprint density at radius 1 is 1.24 bits per heavy atom. The predicted octanol–water partition coefficient (Wildman–Crippen LogP) is 3.13. The van der Waals surface area contributed by atoms with Crippen molar-refractivity contribution in [2.75, 3.05) is 33.4 Å². The highest BCUT2D eigenvalue weighted by atomic mass is 35.5. The molecule has 2 aliphatic rings. The molecule has 2 atom stereocenters. The largest absolute Gasteiger partial charge is 0.376 e. The monoisotopic (exact) mass is 366 g/mol. The van der Waals surface area contributed by atoms with E-state index in [1.165, 1.54) is 18.4 Å². The summed E-state index contributed by atoms with van der Waals surface area (Å²) in [6.07, 6.45) is 3.52. The summed E-state index contributed by atoms with van der Waals surface area (Å²) < 4.78 is 12.0. The number of methoxy groups -OCH3 is 1. The van der Waals surface area contributed by atoms with Gasteiger partial charge in [-0.25, -0.2) is 0 Å². The van der Waals surface area contributed by atoms with Gasteiger partial charge in [-0.1, -0.05) is 23.7 Å². The molecule has 0 aliphatic carbocycles. The molecule has 2 fully saturated rings. The fourth-order valence-electron chi connectivity index (χ4n) is 3.92. The first-order valence-corrected chi connectivity index (χ1v) is 9.75. The third kappa shape index (κ3) is 4.75. The van der Waals surface area contributed by atoms with E-state index in [-0.39, 0.29) is 11.7 Å². The molecular formula is C20H31ClN2O2. The lowest BCUT2D eigenvalue weighted by atomic mass is 9.93. The van der Waals surface area contributed by atoms with Gasteiger partial charge in [-0.05, 0) is 63.9 Å². The van der Waals surface area contributed by atoms with Crippen LogP contribution in [0, 0.1) is 0 Å². The minimum Gasteiger partial charge on any atom is -0.376 e. The van der Waals surface area contributed by atoms with Crippen LogP contribution in [0.15, 0.2) is 24.3 Å². The molecule has 2 heterocycles. The summed E-state index contributed by atoms with van der Waals surface area (Å²) in [6.45, 7) is 8.14. The fraction of sp³-hybridized carbons (Fsp3) is 0.700. The standard InChI is InChI=1S/C20H31ClN2O2/c1-20(2,24-3)19-13-23(17-8-10-22-11-9-17)18(14-25-19)12-15-4-6-16(21)7-5-15/h4-7,17-19,22H,8-14H2,1-3H3/t18?,19-/m1/s1. The third-order valence-electron chi connectivity index (χ3n) is 5.80. The van der Waals surface area contributed by atoms with E-state index in [1.54, 1.807) is 7.11 Å². The van der Waals surface area contributed by atoms with Crippen LogP contribution in [0.25, 0.3) is 0 Å². The zero-order valence-electron chi connectivity index (χ0n) is 15.6. The Bertz CT molecular complexity index is 543. The van der Waals surface area contributed by atoms with Gasteiger partial charge in [-0.3, -0.25) is 4.90 Å². The van der Waals surface area contributed by atoms with E-state index >= 15 is 0 Å². The van der Waals surface area contributed by atoms with Crippen molar-refractivity contribution in [1.82, 2.24) is 10.2 Å². The van der Waals surface area contributed by atoms with Crippen molar-refractivity contribution in [2.45, 2.75) is 56.9 Å². The first-order valence-electron chi connectivity index (χ1n) is 9.37. The fourth-order valence-corrected chi connectivity index (χ4v) is 4.05. The molecule has 0 aromatic heterocycles. The Morgan fingerprint density at radius 2 is 1.92 bits per heavy atom. The number of hydrogen-bond donors (Lipinski definition) is 1. The summed E-state index contributed by atoms with van der Waals surface area (Å²) in [5, 5.41) is 4.27. The van der Waals surface area contributed by atoms with E-state index in [2.05, 4.69) is 36.2 Å². The SMILES string of the molecule is COC(C)(C)[C@H]1CN(C2CCNCC2)C(Cc2ccc(Cl)cc2)CO1. The highest BCUT2D eigenvalue weighted by Crippen LogP contribution is 2.28. The molecule has 4 nitrogen and oxygen atoms in total. The summed E-state index contributed by atoms with van der Waals surface area (Å²) in [7, 11) is 1.78. The van der Waals surface area contributed by atoms with Crippen molar-refractivity contribution >= 4 is 11.6 Å². The third-order valence-corrected chi connectivity index (χ3v) is 6.05. The summed E-state index contributed by atoms with van der Waals surface area (Å²) in [4.78, 5) is 2.68. The molecule has 3 rings (SSSR count). The van der Waals surface area contributed by atoms with E-state index < -0.39 is 0 Å².